The number of rotatable bonds is 6. The van der Waals surface area contributed by atoms with Gasteiger partial charge < -0.3 is 4.74 Å². The molecule has 0 aliphatic carbocycles. The van der Waals surface area contributed by atoms with Crippen LogP contribution in [0.3, 0.4) is 0 Å². The van der Waals surface area contributed by atoms with Gasteiger partial charge in [-0.25, -0.2) is 4.98 Å². The Labute approximate surface area is 131 Å². The molecule has 0 aliphatic heterocycles. The predicted molar refractivity (Wildman–Crippen MR) is 83.2 cm³/mol. The number of nitrogens with one attached hydrogen (secondary N) is 2. The first-order chi connectivity index (χ1) is 10.5. The van der Waals surface area contributed by atoms with Gasteiger partial charge in [-0.3, -0.25) is 23.9 Å². The molecule has 2 aromatic rings. The summed E-state index contributed by atoms with van der Waals surface area (Å²) in [5.41, 5.74) is 0.106. The summed E-state index contributed by atoms with van der Waals surface area (Å²) in [6.45, 7) is 3.51. The normalized spacial score (nSPS) is 10.7. The molecular formula is C13H17N5O3S. The quantitative estimate of drug-likeness (QED) is 0.764. The molecule has 2 aromatic heterocycles. The van der Waals surface area contributed by atoms with E-state index in [9.17, 15) is 9.59 Å². The molecule has 1 amide bonds. The van der Waals surface area contributed by atoms with Crippen LogP contribution in [0.5, 0.6) is 5.88 Å². The largest absolute Gasteiger partial charge is 0.467 e. The van der Waals surface area contributed by atoms with Crippen LogP contribution in [0.1, 0.15) is 25.3 Å². The molecule has 118 valence electrons. The van der Waals surface area contributed by atoms with Gasteiger partial charge in [0, 0.05) is 18.6 Å². The number of aromatic nitrogens is 4. The molecule has 9 heteroatoms. The van der Waals surface area contributed by atoms with Gasteiger partial charge in [-0.05, 0) is 5.92 Å². The maximum absolute atomic E-state index is 12.3. The van der Waals surface area contributed by atoms with Gasteiger partial charge in [0.2, 0.25) is 11.8 Å². The molecule has 8 nitrogen and oxygen atoms in total. The Hall–Kier alpha value is -2.29. The number of hydrogen-bond acceptors (Lipinski definition) is 6. The highest BCUT2D eigenvalue weighted by Gasteiger charge is 2.18. The van der Waals surface area contributed by atoms with Gasteiger partial charge in [0.15, 0.2) is 6.61 Å². The van der Waals surface area contributed by atoms with E-state index in [-0.39, 0.29) is 35.8 Å². The van der Waals surface area contributed by atoms with Crippen LogP contribution < -0.4 is 15.0 Å². The van der Waals surface area contributed by atoms with E-state index >= 15 is 0 Å². The maximum Gasteiger partial charge on any atom is 0.267 e. The van der Waals surface area contributed by atoms with Crippen molar-refractivity contribution in [1.82, 2.24) is 24.2 Å². The van der Waals surface area contributed by atoms with Crippen molar-refractivity contribution in [1.29, 1.82) is 0 Å². The van der Waals surface area contributed by atoms with Crippen molar-refractivity contribution in [3.63, 3.8) is 0 Å². The van der Waals surface area contributed by atoms with Crippen molar-refractivity contribution in [3.8, 4) is 11.8 Å². The van der Waals surface area contributed by atoms with Crippen molar-refractivity contribution < 1.29 is 9.53 Å². The van der Waals surface area contributed by atoms with Gasteiger partial charge in [0.25, 0.3) is 11.5 Å². The number of ether oxygens (including phenoxy) is 1. The average molecular weight is 323 g/mol. The lowest BCUT2D eigenvalue weighted by Crippen LogP contribution is -2.26. The third-order valence-corrected chi connectivity index (χ3v) is 3.22. The van der Waals surface area contributed by atoms with Crippen molar-refractivity contribution in [2.45, 2.75) is 19.8 Å². The van der Waals surface area contributed by atoms with Gasteiger partial charge in [0.1, 0.15) is 6.33 Å². The van der Waals surface area contributed by atoms with E-state index in [1.54, 1.807) is 23.2 Å². The fourth-order valence-electron chi connectivity index (χ4n) is 1.85. The second-order valence-electron chi connectivity index (χ2n) is 4.75. The standard InChI is InChI=1S/C13H17N5O3S/c1-8(2)10-11(20)15-13(18-5-4-14-7-18)16-12(10)21-6-9(19)17-22-3/h4-5,7-8H,6H2,1-3H3,(H,17,19)(H,15,16,20). The summed E-state index contributed by atoms with van der Waals surface area (Å²) >= 11 is 1.18. The SMILES string of the molecule is CSNC(=O)COc1nc(-n2ccnc2)[nH]c(=O)c1C(C)C. The monoisotopic (exact) mass is 323 g/mol. The summed E-state index contributed by atoms with van der Waals surface area (Å²) in [4.78, 5) is 34.6. The number of H-pyrrole nitrogens is 1. The van der Waals surface area contributed by atoms with E-state index in [2.05, 4.69) is 19.7 Å². The predicted octanol–water partition coefficient (Wildman–Crippen LogP) is 0.852. The minimum atomic E-state index is -0.298. The molecule has 2 rings (SSSR count). The highest BCUT2D eigenvalue weighted by molar-refractivity contribution is 7.97. The van der Waals surface area contributed by atoms with Crippen molar-refractivity contribution in [3.05, 3.63) is 34.6 Å². The Bertz CT molecular complexity index is 696. The molecular weight excluding hydrogens is 306 g/mol. The van der Waals surface area contributed by atoms with Crippen LogP contribution in [0.4, 0.5) is 0 Å². The molecule has 0 unspecified atom stereocenters. The smallest absolute Gasteiger partial charge is 0.267 e. The molecule has 0 radical (unpaired) electrons. The minimum Gasteiger partial charge on any atom is -0.467 e. The van der Waals surface area contributed by atoms with E-state index in [0.717, 1.165) is 0 Å². The first kappa shape index (κ1) is 16.1. The van der Waals surface area contributed by atoms with Gasteiger partial charge in [-0.1, -0.05) is 25.8 Å². The van der Waals surface area contributed by atoms with Gasteiger partial charge >= 0.3 is 0 Å². The van der Waals surface area contributed by atoms with E-state index in [0.29, 0.717) is 5.56 Å². The van der Waals surface area contributed by atoms with Gasteiger partial charge in [0.05, 0.1) is 5.56 Å². The lowest BCUT2D eigenvalue weighted by Gasteiger charge is -2.13. The molecule has 0 atom stereocenters. The van der Waals surface area contributed by atoms with Crippen LogP contribution in [-0.4, -0.2) is 38.3 Å². The molecule has 0 saturated heterocycles. The van der Waals surface area contributed by atoms with E-state index in [1.165, 1.54) is 18.3 Å². The third kappa shape index (κ3) is 3.67. The number of nitrogens with zero attached hydrogens (tertiary/aromatic N) is 3. The number of hydrogen-bond donors (Lipinski definition) is 2. The van der Waals surface area contributed by atoms with Crippen LogP contribution >= 0.6 is 11.9 Å². The molecule has 0 saturated carbocycles. The highest BCUT2D eigenvalue weighted by Crippen LogP contribution is 2.21. The number of amides is 1. The highest BCUT2D eigenvalue weighted by atomic mass is 32.2. The second kappa shape index (κ2) is 7.12. The molecule has 22 heavy (non-hydrogen) atoms. The van der Waals surface area contributed by atoms with Crippen LogP contribution in [0.25, 0.3) is 5.95 Å². The van der Waals surface area contributed by atoms with Crippen LogP contribution in [0, 0.1) is 0 Å². The Morgan fingerprint density at radius 1 is 1.55 bits per heavy atom. The van der Waals surface area contributed by atoms with Crippen molar-refractivity contribution in [2.75, 3.05) is 12.9 Å². The summed E-state index contributed by atoms with van der Waals surface area (Å²) in [7, 11) is 0. The average Bonchev–Trinajstić information content (AvgIpc) is 2.98. The van der Waals surface area contributed by atoms with E-state index in [1.807, 2.05) is 13.8 Å². The first-order valence-corrected chi connectivity index (χ1v) is 7.82. The summed E-state index contributed by atoms with van der Waals surface area (Å²) in [6.07, 6.45) is 6.47. The Morgan fingerprint density at radius 3 is 2.91 bits per heavy atom. The third-order valence-electron chi connectivity index (χ3n) is 2.79. The zero-order valence-corrected chi connectivity index (χ0v) is 13.3. The van der Waals surface area contributed by atoms with Crippen LogP contribution in [0.2, 0.25) is 0 Å². The molecule has 0 bridgehead atoms. The fraction of sp³-hybridized carbons (Fsp3) is 0.385. The molecule has 2 N–H and O–H groups in total. The number of imidazole rings is 1. The number of carbonyl (C=O) groups excluding carboxylic acids is 1. The fourth-order valence-corrected chi connectivity index (χ4v) is 2.14. The molecule has 0 aromatic carbocycles. The van der Waals surface area contributed by atoms with Crippen LogP contribution in [-0.2, 0) is 4.79 Å². The Kier molecular flexibility index (Phi) is 5.21. The molecule has 0 fully saturated rings. The van der Waals surface area contributed by atoms with E-state index in [4.69, 9.17) is 4.74 Å². The van der Waals surface area contributed by atoms with Crippen molar-refractivity contribution in [2.24, 2.45) is 0 Å². The van der Waals surface area contributed by atoms with E-state index < -0.39 is 0 Å². The summed E-state index contributed by atoms with van der Waals surface area (Å²) in [5.74, 6) is 0.0473. The molecule has 0 aliphatic rings. The van der Waals surface area contributed by atoms with Crippen molar-refractivity contribution >= 4 is 17.9 Å². The lowest BCUT2D eigenvalue weighted by atomic mass is 10.1. The summed E-state index contributed by atoms with van der Waals surface area (Å²) in [5, 5.41) is 0. The zero-order valence-electron chi connectivity index (χ0n) is 12.5. The molecule has 2 heterocycles. The second-order valence-corrected chi connectivity index (χ2v) is 5.36. The number of carbonyl (C=O) groups is 1. The van der Waals surface area contributed by atoms with Gasteiger partial charge in [-0.15, -0.1) is 0 Å². The summed E-state index contributed by atoms with van der Waals surface area (Å²) in [6, 6.07) is 0. The topological polar surface area (TPSA) is 102 Å². The van der Waals surface area contributed by atoms with Crippen LogP contribution in [0.15, 0.2) is 23.5 Å². The zero-order chi connectivity index (χ0) is 16.1. The summed E-state index contributed by atoms with van der Waals surface area (Å²) < 4.78 is 9.54. The molecule has 0 spiro atoms. The van der Waals surface area contributed by atoms with Gasteiger partial charge in [-0.2, -0.15) is 4.98 Å². The Balaban J connectivity index is 2.36. The lowest BCUT2D eigenvalue weighted by molar-refractivity contribution is -0.121. The number of aromatic amines is 1. The maximum atomic E-state index is 12.3. The first-order valence-electron chi connectivity index (χ1n) is 6.60. The Morgan fingerprint density at radius 2 is 2.32 bits per heavy atom. The minimum absolute atomic E-state index is 0.0910.